The smallest absolute Gasteiger partial charge is 0.176 e. The van der Waals surface area contributed by atoms with Crippen LogP contribution in [-0.4, -0.2) is 16.7 Å². The summed E-state index contributed by atoms with van der Waals surface area (Å²) >= 11 is 0. The van der Waals surface area contributed by atoms with Crippen LogP contribution in [0.4, 0.5) is 11.4 Å². The van der Waals surface area contributed by atoms with Gasteiger partial charge < -0.3 is 4.42 Å². The predicted molar refractivity (Wildman–Crippen MR) is 95.0 cm³/mol. The number of fused-ring (bicyclic) bond motifs is 2. The summed E-state index contributed by atoms with van der Waals surface area (Å²) in [7, 11) is 0. The highest BCUT2D eigenvalue weighted by molar-refractivity contribution is 5.82. The van der Waals surface area contributed by atoms with Crippen LogP contribution in [0.15, 0.2) is 71.7 Å². The van der Waals surface area contributed by atoms with Crippen LogP contribution in [0.1, 0.15) is 11.1 Å². The van der Waals surface area contributed by atoms with Crippen molar-refractivity contribution in [1.82, 2.24) is 14.7 Å². The van der Waals surface area contributed by atoms with E-state index in [1.54, 1.807) is 6.26 Å². The maximum absolute atomic E-state index is 5.44. The molecule has 4 heteroatoms. The van der Waals surface area contributed by atoms with Crippen LogP contribution < -0.4 is 4.48 Å². The van der Waals surface area contributed by atoms with Gasteiger partial charge in [0.1, 0.15) is 12.2 Å². The molecule has 1 aliphatic heterocycles. The number of rotatable bonds is 2. The number of hydrogen-bond donors (Lipinski definition) is 1. The third kappa shape index (κ3) is 1.93. The second kappa shape index (κ2) is 5.08. The summed E-state index contributed by atoms with van der Waals surface area (Å²) in [6, 6.07) is 17.4. The first-order valence-electron chi connectivity index (χ1n) is 8.25. The van der Waals surface area contributed by atoms with Crippen molar-refractivity contribution in [2.75, 3.05) is 6.54 Å². The van der Waals surface area contributed by atoms with Gasteiger partial charge in [-0.05, 0) is 11.6 Å². The molecule has 3 heterocycles. The average molecular weight is 316 g/mol. The number of quaternary nitrogens is 1. The lowest BCUT2D eigenvalue weighted by atomic mass is 9.96. The summed E-state index contributed by atoms with van der Waals surface area (Å²) in [5.74, 6) is 0. The highest BCUT2D eigenvalue weighted by atomic mass is 16.3. The van der Waals surface area contributed by atoms with Crippen molar-refractivity contribution in [3.8, 4) is 0 Å². The minimum Gasteiger partial charge on any atom is -0.466 e. The normalized spacial score (nSPS) is 20.2. The molecule has 2 aromatic carbocycles. The maximum atomic E-state index is 5.44. The number of nitrogens with zero attached hydrogens (tertiary/aromatic N) is 2. The van der Waals surface area contributed by atoms with Gasteiger partial charge in [-0.2, -0.15) is 5.10 Å². The number of aromatic nitrogens is 2. The molecule has 0 aliphatic carbocycles. The van der Waals surface area contributed by atoms with E-state index in [0.717, 1.165) is 34.9 Å². The molecule has 0 spiro atoms. The Morgan fingerprint density at radius 3 is 2.79 bits per heavy atom. The molecule has 0 fully saturated rings. The standard InChI is InChI=1S/C20H18N3O/c1-2-4-17-13-23(9-7-15(17)3-1,19-8-10-24-14-19)18-6-5-16-12-21-22-20(16)11-18/h1-6,8,10-12,14H,7,9,13H2,(H,21,22)/q+1. The molecule has 0 bridgehead atoms. The Bertz CT molecular complexity index is 1000. The SMILES string of the molecule is c1ccc2c(c1)CC[N+](c1ccoc1)(c1ccc3cn[nH]c3c1)C2. The van der Waals surface area contributed by atoms with Crippen molar-refractivity contribution in [2.24, 2.45) is 0 Å². The molecule has 1 atom stereocenters. The average Bonchev–Trinajstić information content (AvgIpc) is 3.32. The second-order valence-corrected chi connectivity index (χ2v) is 6.49. The van der Waals surface area contributed by atoms with E-state index in [4.69, 9.17) is 4.42 Å². The Morgan fingerprint density at radius 1 is 1.00 bits per heavy atom. The fourth-order valence-electron chi connectivity index (χ4n) is 3.92. The Hall–Kier alpha value is -2.85. The summed E-state index contributed by atoms with van der Waals surface area (Å²) in [6.07, 6.45) is 6.57. The summed E-state index contributed by atoms with van der Waals surface area (Å²) in [4.78, 5) is 0. The number of nitrogens with one attached hydrogen (secondary N) is 1. The topological polar surface area (TPSA) is 41.8 Å². The monoisotopic (exact) mass is 316 g/mol. The molecule has 0 saturated carbocycles. The number of furan rings is 1. The van der Waals surface area contributed by atoms with Crippen LogP contribution in [0.25, 0.3) is 10.9 Å². The van der Waals surface area contributed by atoms with E-state index in [9.17, 15) is 0 Å². The highest BCUT2D eigenvalue weighted by Gasteiger charge is 2.38. The van der Waals surface area contributed by atoms with E-state index in [1.807, 2.05) is 12.5 Å². The van der Waals surface area contributed by atoms with E-state index < -0.39 is 0 Å². The van der Waals surface area contributed by atoms with Crippen molar-refractivity contribution in [3.05, 3.63) is 78.4 Å². The van der Waals surface area contributed by atoms with Crippen LogP contribution >= 0.6 is 0 Å². The molecule has 118 valence electrons. The summed E-state index contributed by atoms with van der Waals surface area (Å²) < 4.78 is 6.22. The fourth-order valence-corrected chi connectivity index (χ4v) is 3.92. The molecule has 4 nitrogen and oxygen atoms in total. The molecule has 0 amide bonds. The van der Waals surface area contributed by atoms with E-state index in [0.29, 0.717) is 0 Å². The molecular weight excluding hydrogens is 298 g/mol. The number of hydrogen-bond acceptors (Lipinski definition) is 2. The summed E-state index contributed by atoms with van der Waals surface area (Å²) in [5.41, 5.74) is 6.41. The van der Waals surface area contributed by atoms with Gasteiger partial charge in [0.05, 0.1) is 24.5 Å². The molecule has 1 aliphatic rings. The quantitative estimate of drug-likeness (QED) is 0.551. The minimum atomic E-state index is 0.780. The zero-order chi connectivity index (χ0) is 16.0. The molecule has 1 unspecified atom stereocenters. The number of aromatic amines is 1. The van der Waals surface area contributed by atoms with Gasteiger partial charge in [0.15, 0.2) is 12.0 Å². The Balaban J connectivity index is 1.71. The highest BCUT2D eigenvalue weighted by Crippen LogP contribution is 2.41. The fraction of sp³-hybridized carbons (Fsp3) is 0.150. The first-order chi connectivity index (χ1) is 11.9. The molecule has 0 radical (unpaired) electrons. The minimum absolute atomic E-state index is 0.780. The largest absolute Gasteiger partial charge is 0.466 e. The lowest BCUT2D eigenvalue weighted by molar-refractivity contribution is 0.355. The van der Waals surface area contributed by atoms with Gasteiger partial charge >= 0.3 is 0 Å². The summed E-state index contributed by atoms with van der Waals surface area (Å²) in [6.45, 7) is 1.96. The molecule has 0 saturated heterocycles. The molecule has 4 aromatic rings. The van der Waals surface area contributed by atoms with Crippen LogP contribution in [0.5, 0.6) is 0 Å². The first-order valence-corrected chi connectivity index (χ1v) is 8.25. The third-order valence-electron chi connectivity index (χ3n) is 5.24. The Labute approximate surface area is 139 Å². The van der Waals surface area contributed by atoms with Crippen molar-refractivity contribution in [3.63, 3.8) is 0 Å². The van der Waals surface area contributed by atoms with Crippen LogP contribution in [0.2, 0.25) is 0 Å². The van der Waals surface area contributed by atoms with E-state index in [-0.39, 0.29) is 0 Å². The molecule has 24 heavy (non-hydrogen) atoms. The predicted octanol–water partition coefficient (Wildman–Crippen LogP) is 4.55. The number of benzene rings is 2. The van der Waals surface area contributed by atoms with Crippen LogP contribution in [0.3, 0.4) is 0 Å². The van der Waals surface area contributed by atoms with Gasteiger partial charge in [0.25, 0.3) is 0 Å². The zero-order valence-corrected chi connectivity index (χ0v) is 13.3. The number of H-pyrrole nitrogens is 1. The van der Waals surface area contributed by atoms with Crippen molar-refractivity contribution in [2.45, 2.75) is 13.0 Å². The van der Waals surface area contributed by atoms with Gasteiger partial charge in [0.2, 0.25) is 0 Å². The van der Waals surface area contributed by atoms with Gasteiger partial charge in [-0.1, -0.05) is 24.3 Å². The van der Waals surface area contributed by atoms with Gasteiger partial charge in [0, 0.05) is 35.6 Å². The third-order valence-corrected chi connectivity index (χ3v) is 5.24. The zero-order valence-electron chi connectivity index (χ0n) is 13.3. The Kier molecular flexibility index (Phi) is 2.87. The molecular formula is C20H18N3O+. The van der Waals surface area contributed by atoms with Crippen molar-refractivity contribution in [1.29, 1.82) is 0 Å². The van der Waals surface area contributed by atoms with Crippen molar-refractivity contribution < 1.29 is 4.42 Å². The van der Waals surface area contributed by atoms with Gasteiger partial charge in [-0.15, -0.1) is 0 Å². The maximum Gasteiger partial charge on any atom is 0.176 e. The lowest BCUT2D eigenvalue weighted by Crippen LogP contribution is -2.47. The first kappa shape index (κ1) is 13.6. The van der Waals surface area contributed by atoms with E-state index in [1.165, 1.54) is 22.5 Å². The van der Waals surface area contributed by atoms with Gasteiger partial charge in [-0.3, -0.25) is 9.58 Å². The Morgan fingerprint density at radius 2 is 1.92 bits per heavy atom. The van der Waals surface area contributed by atoms with E-state index >= 15 is 0 Å². The van der Waals surface area contributed by atoms with E-state index in [2.05, 4.69) is 58.7 Å². The summed E-state index contributed by atoms with van der Waals surface area (Å²) in [5, 5.41) is 8.40. The van der Waals surface area contributed by atoms with Gasteiger partial charge in [-0.25, -0.2) is 0 Å². The second-order valence-electron chi connectivity index (χ2n) is 6.49. The van der Waals surface area contributed by atoms with Crippen LogP contribution in [0, 0.1) is 0 Å². The molecule has 5 rings (SSSR count). The van der Waals surface area contributed by atoms with Crippen LogP contribution in [-0.2, 0) is 13.0 Å². The molecule has 2 aromatic heterocycles. The molecule has 1 N–H and O–H groups in total. The van der Waals surface area contributed by atoms with Crippen molar-refractivity contribution >= 4 is 22.3 Å². The lowest BCUT2D eigenvalue weighted by Gasteiger charge is -2.40.